The average molecular weight is 351 g/mol. The van der Waals surface area contributed by atoms with Crippen molar-refractivity contribution in [2.45, 2.75) is 13.0 Å². The zero-order valence-corrected chi connectivity index (χ0v) is 14.1. The second kappa shape index (κ2) is 7.17. The predicted octanol–water partition coefficient (Wildman–Crippen LogP) is 4.16. The first kappa shape index (κ1) is 16.1. The monoisotopic (exact) mass is 350 g/mol. The molecule has 0 fully saturated rings. The molecule has 1 aliphatic heterocycles. The van der Waals surface area contributed by atoms with Crippen LogP contribution in [0.2, 0.25) is 10.0 Å². The molecule has 1 unspecified atom stereocenters. The van der Waals surface area contributed by atoms with Crippen molar-refractivity contribution in [2.24, 2.45) is 4.99 Å². The molecule has 2 aromatic rings. The summed E-state index contributed by atoms with van der Waals surface area (Å²) in [7, 11) is 0. The Bertz CT molecular complexity index is 688. The highest BCUT2D eigenvalue weighted by Crippen LogP contribution is 2.30. The number of anilines is 1. The molecular weight excluding hydrogens is 335 g/mol. The van der Waals surface area contributed by atoms with Gasteiger partial charge in [-0.25, -0.2) is 10.1 Å². The molecule has 120 valence electrons. The number of aliphatic imine (C=N–C) groups is 1. The molecule has 7 heteroatoms. The van der Waals surface area contributed by atoms with E-state index >= 15 is 0 Å². The Hall–Kier alpha value is -1.82. The second-order valence-corrected chi connectivity index (χ2v) is 5.85. The molecule has 0 saturated carbocycles. The number of guanidine groups is 1. The standard InChI is InChI=1S/C16H16Cl2N4O/c1-11(14-7-2-3-8-19-14)23-22-10-9-20-16(22)21-15-12(17)5-4-6-13(15)18/h2-8,11H,9-10H2,1H3,(H,20,21). The highest BCUT2D eigenvalue weighted by atomic mass is 35.5. The number of nitrogens with one attached hydrogen (secondary N) is 1. The topological polar surface area (TPSA) is 49.8 Å². The highest BCUT2D eigenvalue weighted by Gasteiger charge is 2.23. The van der Waals surface area contributed by atoms with Crippen LogP contribution in [-0.4, -0.2) is 29.1 Å². The molecule has 1 aromatic heterocycles. The number of hydroxylamine groups is 2. The zero-order valence-electron chi connectivity index (χ0n) is 12.5. The second-order valence-electron chi connectivity index (χ2n) is 5.03. The minimum absolute atomic E-state index is 0.192. The predicted molar refractivity (Wildman–Crippen MR) is 92.8 cm³/mol. The van der Waals surface area contributed by atoms with E-state index in [1.807, 2.05) is 25.1 Å². The molecule has 0 amide bonds. The average Bonchev–Trinajstić information content (AvgIpc) is 2.99. The SMILES string of the molecule is CC(ON1CCN=C1Nc1c(Cl)cccc1Cl)c1ccccn1. The number of halogens is 2. The van der Waals surface area contributed by atoms with E-state index in [0.717, 1.165) is 5.69 Å². The molecule has 0 radical (unpaired) electrons. The summed E-state index contributed by atoms with van der Waals surface area (Å²) in [5, 5.41) is 5.92. The van der Waals surface area contributed by atoms with Gasteiger partial charge >= 0.3 is 0 Å². The van der Waals surface area contributed by atoms with E-state index in [0.29, 0.717) is 34.8 Å². The molecule has 5 nitrogen and oxygen atoms in total. The Morgan fingerprint density at radius 3 is 2.65 bits per heavy atom. The van der Waals surface area contributed by atoms with Crippen molar-refractivity contribution in [3.63, 3.8) is 0 Å². The summed E-state index contributed by atoms with van der Waals surface area (Å²) in [6, 6.07) is 11.1. The molecule has 0 bridgehead atoms. The first-order valence-electron chi connectivity index (χ1n) is 7.26. The van der Waals surface area contributed by atoms with Crippen LogP contribution in [0.4, 0.5) is 5.69 Å². The lowest BCUT2D eigenvalue weighted by atomic mass is 10.2. The highest BCUT2D eigenvalue weighted by molar-refractivity contribution is 6.39. The van der Waals surface area contributed by atoms with Crippen molar-refractivity contribution in [2.75, 3.05) is 18.4 Å². The van der Waals surface area contributed by atoms with Gasteiger partial charge in [-0.1, -0.05) is 35.3 Å². The fourth-order valence-electron chi connectivity index (χ4n) is 2.23. The molecule has 1 aromatic carbocycles. The van der Waals surface area contributed by atoms with E-state index in [4.69, 9.17) is 28.0 Å². The van der Waals surface area contributed by atoms with Crippen LogP contribution in [0.15, 0.2) is 47.6 Å². The summed E-state index contributed by atoms with van der Waals surface area (Å²) in [6.45, 7) is 3.24. The Kier molecular flexibility index (Phi) is 5.00. The molecule has 2 heterocycles. The van der Waals surface area contributed by atoms with Gasteiger partial charge in [0.2, 0.25) is 5.96 Å². The van der Waals surface area contributed by atoms with Crippen molar-refractivity contribution < 1.29 is 4.84 Å². The van der Waals surface area contributed by atoms with Gasteiger partial charge in [-0.15, -0.1) is 0 Å². The first-order valence-corrected chi connectivity index (χ1v) is 8.01. The van der Waals surface area contributed by atoms with E-state index in [-0.39, 0.29) is 6.10 Å². The Morgan fingerprint density at radius 2 is 1.96 bits per heavy atom. The minimum atomic E-state index is -0.192. The number of pyridine rings is 1. The Morgan fingerprint density at radius 1 is 1.17 bits per heavy atom. The summed E-state index contributed by atoms with van der Waals surface area (Å²) in [5.41, 5.74) is 1.48. The molecule has 1 N–H and O–H groups in total. The molecule has 23 heavy (non-hydrogen) atoms. The van der Waals surface area contributed by atoms with Gasteiger partial charge in [0, 0.05) is 6.20 Å². The lowest BCUT2D eigenvalue weighted by molar-refractivity contribution is -0.136. The maximum absolute atomic E-state index is 6.19. The van der Waals surface area contributed by atoms with Crippen LogP contribution in [0.1, 0.15) is 18.7 Å². The lowest BCUT2D eigenvalue weighted by Crippen LogP contribution is -2.34. The normalized spacial score (nSPS) is 15.4. The number of nitrogens with zero attached hydrogens (tertiary/aromatic N) is 3. The van der Waals surface area contributed by atoms with E-state index in [1.54, 1.807) is 29.5 Å². The van der Waals surface area contributed by atoms with Crippen molar-refractivity contribution in [3.05, 3.63) is 58.3 Å². The minimum Gasteiger partial charge on any atom is -0.322 e. The summed E-state index contributed by atoms with van der Waals surface area (Å²) >= 11 is 12.4. The fourth-order valence-corrected chi connectivity index (χ4v) is 2.72. The smallest absolute Gasteiger partial charge is 0.223 e. The lowest BCUT2D eigenvalue weighted by Gasteiger charge is -2.24. The van der Waals surface area contributed by atoms with E-state index in [2.05, 4.69) is 15.3 Å². The summed E-state index contributed by atoms with van der Waals surface area (Å²) < 4.78 is 0. The van der Waals surface area contributed by atoms with Crippen LogP contribution in [-0.2, 0) is 4.84 Å². The van der Waals surface area contributed by atoms with Crippen LogP contribution in [0, 0.1) is 0 Å². The summed E-state index contributed by atoms with van der Waals surface area (Å²) in [6.07, 6.45) is 1.55. The third-order valence-electron chi connectivity index (χ3n) is 3.39. The van der Waals surface area contributed by atoms with Crippen molar-refractivity contribution in [1.29, 1.82) is 0 Å². The van der Waals surface area contributed by atoms with E-state index in [1.165, 1.54) is 0 Å². The Balaban J connectivity index is 1.71. The van der Waals surface area contributed by atoms with Crippen LogP contribution in [0.25, 0.3) is 0 Å². The quantitative estimate of drug-likeness (QED) is 0.899. The summed E-state index contributed by atoms with van der Waals surface area (Å²) in [5.74, 6) is 0.586. The number of hydrogen-bond acceptors (Lipinski definition) is 5. The Labute approximate surface area is 144 Å². The fraction of sp³-hybridized carbons (Fsp3) is 0.250. The number of rotatable bonds is 4. The van der Waals surface area contributed by atoms with Crippen LogP contribution < -0.4 is 5.32 Å². The van der Waals surface area contributed by atoms with Crippen molar-refractivity contribution in [1.82, 2.24) is 10.0 Å². The van der Waals surface area contributed by atoms with Crippen molar-refractivity contribution >= 4 is 34.8 Å². The maximum Gasteiger partial charge on any atom is 0.223 e. The van der Waals surface area contributed by atoms with Gasteiger partial charge in [-0.2, -0.15) is 0 Å². The molecule has 0 spiro atoms. The summed E-state index contributed by atoms with van der Waals surface area (Å²) in [4.78, 5) is 14.7. The number of hydrogen-bond donors (Lipinski definition) is 1. The molecular formula is C16H16Cl2N4O. The van der Waals surface area contributed by atoms with E-state index < -0.39 is 0 Å². The van der Waals surface area contributed by atoms with Gasteiger partial charge < -0.3 is 5.32 Å². The molecule has 3 rings (SSSR count). The van der Waals surface area contributed by atoms with Gasteiger partial charge in [0.15, 0.2) is 0 Å². The van der Waals surface area contributed by atoms with Gasteiger partial charge in [0.1, 0.15) is 6.10 Å². The van der Waals surface area contributed by atoms with Crippen LogP contribution >= 0.6 is 23.2 Å². The molecule has 1 aliphatic rings. The third kappa shape index (κ3) is 3.75. The molecule has 0 aliphatic carbocycles. The van der Waals surface area contributed by atoms with Gasteiger partial charge in [-0.3, -0.25) is 9.82 Å². The largest absolute Gasteiger partial charge is 0.322 e. The molecule has 1 atom stereocenters. The van der Waals surface area contributed by atoms with Crippen LogP contribution in [0.3, 0.4) is 0 Å². The zero-order chi connectivity index (χ0) is 16.2. The number of para-hydroxylation sites is 1. The first-order chi connectivity index (χ1) is 11.1. The van der Waals surface area contributed by atoms with Crippen LogP contribution in [0.5, 0.6) is 0 Å². The van der Waals surface area contributed by atoms with Gasteiger partial charge in [-0.05, 0) is 31.2 Å². The van der Waals surface area contributed by atoms with E-state index in [9.17, 15) is 0 Å². The maximum atomic E-state index is 6.19. The number of benzene rings is 1. The number of aromatic nitrogens is 1. The third-order valence-corrected chi connectivity index (χ3v) is 4.02. The van der Waals surface area contributed by atoms with Gasteiger partial charge in [0.05, 0.1) is 34.5 Å². The molecule has 0 saturated heterocycles. The van der Waals surface area contributed by atoms with Gasteiger partial charge in [0.25, 0.3) is 0 Å². The van der Waals surface area contributed by atoms with Crippen molar-refractivity contribution in [3.8, 4) is 0 Å².